The highest BCUT2D eigenvalue weighted by Crippen LogP contribution is 2.38. The first-order chi connectivity index (χ1) is 10.2. The molecule has 0 spiro atoms. The van der Waals surface area contributed by atoms with E-state index in [9.17, 15) is 4.79 Å². The predicted octanol–water partition coefficient (Wildman–Crippen LogP) is -0.0676. The van der Waals surface area contributed by atoms with Crippen LogP contribution in [0.5, 0.6) is 6.01 Å². The van der Waals surface area contributed by atoms with Gasteiger partial charge in [-0.1, -0.05) is 0 Å². The van der Waals surface area contributed by atoms with Crippen LogP contribution < -0.4 is 10.3 Å². The number of hydrogen-bond donors (Lipinski definition) is 0. The molecule has 4 heterocycles. The highest BCUT2D eigenvalue weighted by Gasteiger charge is 2.43. The lowest BCUT2D eigenvalue weighted by Gasteiger charge is -2.30. The summed E-state index contributed by atoms with van der Waals surface area (Å²) in [7, 11) is 0. The lowest BCUT2D eigenvalue weighted by Crippen LogP contribution is -2.44. The molecule has 0 saturated carbocycles. The summed E-state index contributed by atoms with van der Waals surface area (Å²) >= 11 is 0. The molecule has 2 saturated heterocycles. The van der Waals surface area contributed by atoms with E-state index < -0.39 is 0 Å². The highest BCUT2D eigenvalue weighted by molar-refractivity contribution is 5.13. The van der Waals surface area contributed by atoms with Crippen molar-refractivity contribution < 1.29 is 14.2 Å². The summed E-state index contributed by atoms with van der Waals surface area (Å²) in [6, 6.07) is 0.385. The number of hydrogen-bond acceptors (Lipinski definition) is 6. The first-order valence-electron chi connectivity index (χ1n) is 7.43. The summed E-state index contributed by atoms with van der Waals surface area (Å²) in [6.45, 7) is 6.00. The van der Waals surface area contributed by atoms with Gasteiger partial charge in [0.2, 0.25) is 0 Å². The molecule has 7 nitrogen and oxygen atoms in total. The van der Waals surface area contributed by atoms with E-state index in [0.717, 1.165) is 39.3 Å². The zero-order valence-electron chi connectivity index (χ0n) is 12.0. The molecule has 3 aliphatic heterocycles. The number of nitrogens with zero attached hydrogens (tertiary/aromatic N) is 3. The smallest absolute Gasteiger partial charge is 0.302 e. The standard InChI is InChI=1S/C14H19N3O4/c1-9-7-17-12-6-10(21-14(17)15-13(9)18)11(20-12)8-16-2-4-19-5-3-16/h7,10-12H,2-6,8H2,1H3/t10-,11-,12-/m1/s1. The maximum absolute atomic E-state index is 11.7. The van der Waals surface area contributed by atoms with E-state index in [4.69, 9.17) is 14.2 Å². The van der Waals surface area contributed by atoms with Gasteiger partial charge in [-0.3, -0.25) is 14.3 Å². The molecule has 7 heteroatoms. The lowest BCUT2D eigenvalue weighted by atomic mass is 10.1. The Morgan fingerprint density at radius 1 is 1.38 bits per heavy atom. The summed E-state index contributed by atoms with van der Waals surface area (Å²) in [5, 5.41) is 0. The Morgan fingerprint density at radius 2 is 2.19 bits per heavy atom. The average Bonchev–Trinajstić information content (AvgIpc) is 2.81. The minimum absolute atomic E-state index is 0.0187. The van der Waals surface area contributed by atoms with Gasteiger partial charge >= 0.3 is 6.01 Å². The van der Waals surface area contributed by atoms with Crippen LogP contribution in [0.2, 0.25) is 0 Å². The molecule has 0 unspecified atom stereocenters. The lowest BCUT2D eigenvalue weighted by molar-refractivity contribution is -0.0349. The largest absolute Gasteiger partial charge is 0.458 e. The third-order valence-electron chi connectivity index (χ3n) is 4.38. The van der Waals surface area contributed by atoms with E-state index in [1.54, 1.807) is 13.1 Å². The first kappa shape index (κ1) is 13.2. The molecule has 21 heavy (non-hydrogen) atoms. The Hall–Kier alpha value is -1.44. The summed E-state index contributed by atoms with van der Waals surface area (Å²) in [4.78, 5) is 18.0. The Labute approximate surface area is 122 Å². The minimum atomic E-state index is -0.229. The zero-order chi connectivity index (χ0) is 14.4. The number of ether oxygens (including phenoxy) is 3. The Morgan fingerprint density at radius 3 is 3.00 bits per heavy atom. The first-order valence-corrected chi connectivity index (χ1v) is 7.43. The van der Waals surface area contributed by atoms with Crippen LogP contribution in [0, 0.1) is 6.92 Å². The van der Waals surface area contributed by atoms with Crippen molar-refractivity contribution in [2.45, 2.75) is 31.8 Å². The van der Waals surface area contributed by atoms with Gasteiger partial charge in [-0.25, -0.2) is 0 Å². The molecule has 114 valence electrons. The fourth-order valence-corrected chi connectivity index (χ4v) is 3.18. The van der Waals surface area contributed by atoms with E-state index in [1.807, 2.05) is 4.57 Å². The third kappa shape index (κ3) is 2.35. The van der Waals surface area contributed by atoms with Crippen molar-refractivity contribution in [1.29, 1.82) is 0 Å². The van der Waals surface area contributed by atoms with E-state index in [-0.39, 0.29) is 24.0 Å². The summed E-state index contributed by atoms with van der Waals surface area (Å²) in [6.07, 6.45) is 2.52. The second kappa shape index (κ2) is 5.08. The second-order valence-electron chi connectivity index (χ2n) is 5.85. The van der Waals surface area contributed by atoms with Crippen LogP contribution in [0.25, 0.3) is 0 Å². The van der Waals surface area contributed by atoms with Crippen molar-refractivity contribution in [3.63, 3.8) is 0 Å². The molecule has 0 aromatic carbocycles. The fourth-order valence-electron chi connectivity index (χ4n) is 3.18. The number of fused-ring (bicyclic) bond motifs is 4. The molecular formula is C14H19N3O4. The van der Waals surface area contributed by atoms with Crippen molar-refractivity contribution >= 4 is 0 Å². The maximum Gasteiger partial charge on any atom is 0.302 e. The molecule has 2 bridgehead atoms. The van der Waals surface area contributed by atoms with Crippen LogP contribution in [0.15, 0.2) is 11.0 Å². The normalized spacial score (nSPS) is 31.8. The summed E-state index contributed by atoms with van der Waals surface area (Å²) < 4.78 is 19.2. The Balaban J connectivity index is 1.52. The zero-order valence-corrected chi connectivity index (χ0v) is 12.0. The van der Waals surface area contributed by atoms with Crippen LogP contribution in [-0.2, 0) is 9.47 Å². The minimum Gasteiger partial charge on any atom is -0.458 e. The number of morpholine rings is 1. The van der Waals surface area contributed by atoms with Gasteiger partial charge in [-0.05, 0) is 6.92 Å². The van der Waals surface area contributed by atoms with Gasteiger partial charge in [0.25, 0.3) is 5.56 Å². The molecule has 2 fully saturated rings. The molecule has 0 aliphatic carbocycles. The number of aryl methyl sites for hydroxylation is 1. The topological polar surface area (TPSA) is 65.8 Å². The Kier molecular flexibility index (Phi) is 3.20. The molecule has 1 aromatic rings. The molecule has 3 atom stereocenters. The van der Waals surface area contributed by atoms with Gasteiger partial charge in [0, 0.05) is 37.8 Å². The van der Waals surface area contributed by atoms with E-state index in [0.29, 0.717) is 11.6 Å². The molecule has 4 rings (SSSR count). The van der Waals surface area contributed by atoms with Crippen LogP contribution >= 0.6 is 0 Å². The van der Waals surface area contributed by atoms with Gasteiger partial charge in [0.1, 0.15) is 18.4 Å². The van der Waals surface area contributed by atoms with Crippen molar-refractivity contribution in [3.8, 4) is 6.01 Å². The molecular weight excluding hydrogens is 274 g/mol. The van der Waals surface area contributed by atoms with Gasteiger partial charge in [0.15, 0.2) is 0 Å². The van der Waals surface area contributed by atoms with E-state index >= 15 is 0 Å². The maximum atomic E-state index is 11.7. The third-order valence-corrected chi connectivity index (χ3v) is 4.38. The molecule has 3 aliphatic rings. The fraction of sp³-hybridized carbons (Fsp3) is 0.714. The van der Waals surface area contributed by atoms with Crippen molar-refractivity contribution in [2.75, 3.05) is 32.8 Å². The van der Waals surface area contributed by atoms with Crippen LogP contribution in [-0.4, -0.2) is 59.5 Å². The van der Waals surface area contributed by atoms with Crippen molar-refractivity contribution in [1.82, 2.24) is 14.5 Å². The predicted molar refractivity (Wildman–Crippen MR) is 73.4 cm³/mol. The Bertz CT molecular complexity index is 596. The average molecular weight is 293 g/mol. The number of rotatable bonds is 2. The van der Waals surface area contributed by atoms with Gasteiger partial charge < -0.3 is 14.2 Å². The van der Waals surface area contributed by atoms with Crippen molar-refractivity contribution in [3.05, 3.63) is 22.1 Å². The summed E-state index contributed by atoms with van der Waals surface area (Å²) in [5.41, 5.74) is 0.383. The van der Waals surface area contributed by atoms with Gasteiger partial charge in [0.05, 0.1) is 13.2 Å². The monoisotopic (exact) mass is 293 g/mol. The molecule has 0 radical (unpaired) electrons. The summed E-state index contributed by atoms with van der Waals surface area (Å²) in [5.74, 6) is 0. The molecule has 1 aromatic heterocycles. The molecule has 0 amide bonds. The van der Waals surface area contributed by atoms with E-state index in [2.05, 4.69) is 9.88 Å². The SMILES string of the molecule is Cc1cn2c(nc1=O)O[C@@H]1C[C@H]2O[C@@H]1CN1CCOCC1. The van der Waals surface area contributed by atoms with Crippen LogP contribution in [0.1, 0.15) is 18.2 Å². The van der Waals surface area contributed by atoms with Gasteiger partial charge in [-0.2, -0.15) is 4.98 Å². The van der Waals surface area contributed by atoms with Gasteiger partial charge in [-0.15, -0.1) is 0 Å². The highest BCUT2D eigenvalue weighted by atomic mass is 16.6. The quantitative estimate of drug-likeness (QED) is 0.760. The molecule has 0 N–H and O–H groups in total. The van der Waals surface area contributed by atoms with Crippen LogP contribution in [0.4, 0.5) is 0 Å². The number of aromatic nitrogens is 2. The van der Waals surface area contributed by atoms with Crippen LogP contribution in [0.3, 0.4) is 0 Å². The van der Waals surface area contributed by atoms with E-state index in [1.165, 1.54) is 0 Å². The second-order valence-corrected chi connectivity index (χ2v) is 5.85. The van der Waals surface area contributed by atoms with Crippen molar-refractivity contribution in [2.24, 2.45) is 0 Å².